The van der Waals surface area contributed by atoms with E-state index in [2.05, 4.69) is 0 Å². The number of aliphatic hydroxyl groups is 2. The SMILES string of the molecule is CC.CC(O)CC(=O)c1cccc2cc(OC(C)(C)CO)ccc12. The van der Waals surface area contributed by atoms with Crippen molar-refractivity contribution < 1.29 is 19.7 Å². The molecule has 0 saturated heterocycles. The van der Waals surface area contributed by atoms with Gasteiger partial charge >= 0.3 is 0 Å². The molecule has 0 fully saturated rings. The van der Waals surface area contributed by atoms with E-state index in [1.54, 1.807) is 32.9 Å². The van der Waals surface area contributed by atoms with Gasteiger partial charge in [0.15, 0.2) is 5.78 Å². The molecule has 4 heteroatoms. The third-order valence-corrected chi connectivity index (χ3v) is 3.41. The first-order valence-corrected chi connectivity index (χ1v) is 8.36. The molecule has 0 saturated carbocycles. The van der Waals surface area contributed by atoms with Gasteiger partial charge in [0, 0.05) is 12.0 Å². The van der Waals surface area contributed by atoms with E-state index in [1.807, 2.05) is 38.1 Å². The van der Waals surface area contributed by atoms with Crippen molar-refractivity contribution in [2.45, 2.75) is 52.7 Å². The van der Waals surface area contributed by atoms with Crippen LogP contribution in [0.15, 0.2) is 36.4 Å². The van der Waals surface area contributed by atoms with Gasteiger partial charge in [0.2, 0.25) is 0 Å². The van der Waals surface area contributed by atoms with E-state index in [4.69, 9.17) is 4.74 Å². The van der Waals surface area contributed by atoms with Crippen LogP contribution in [0.2, 0.25) is 0 Å². The lowest BCUT2D eigenvalue weighted by atomic mass is 9.98. The molecule has 2 N–H and O–H groups in total. The predicted octanol–water partition coefficient (Wildman–Crippen LogP) is 3.97. The van der Waals surface area contributed by atoms with Crippen LogP contribution < -0.4 is 4.74 Å². The molecular weight excluding hydrogens is 304 g/mol. The van der Waals surface area contributed by atoms with Gasteiger partial charge in [0.25, 0.3) is 0 Å². The fourth-order valence-corrected chi connectivity index (χ4v) is 2.30. The van der Waals surface area contributed by atoms with Crippen molar-refractivity contribution in [1.29, 1.82) is 0 Å². The van der Waals surface area contributed by atoms with Crippen LogP contribution >= 0.6 is 0 Å². The number of ketones is 1. The molecule has 2 aromatic rings. The molecule has 0 amide bonds. The van der Waals surface area contributed by atoms with E-state index in [9.17, 15) is 15.0 Å². The minimum absolute atomic E-state index is 0.0787. The van der Waals surface area contributed by atoms with Gasteiger partial charge in [-0.15, -0.1) is 0 Å². The Labute approximate surface area is 144 Å². The van der Waals surface area contributed by atoms with Gasteiger partial charge in [0.1, 0.15) is 11.4 Å². The molecule has 0 aliphatic rings. The number of fused-ring (bicyclic) bond motifs is 1. The minimum atomic E-state index is -0.659. The zero-order valence-electron chi connectivity index (χ0n) is 15.2. The quantitative estimate of drug-likeness (QED) is 0.786. The molecule has 0 aromatic heterocycles. The number of carbonyl (C=O) groups excluding carboxylic acids is 1. The first-order valence-electron chi connectivity index (χ1n) is 8.36. The van der Waals surface area contributed by atoms with E-state index >= 15 is 0 Å². The molecule has 0 heterocycles. The standard InChI is InChI=1S/C18H22O4.C2H6/c1-12(20)9-17(21)16-6-4-5-13-10-14(7-8-15(13)16)22-18(2,3)11-19;1-2/h4-8,10,12,19-20H,9,11H2,1-3H3;1-2H3. The van der Waals surface area contributed by atoms with Crippen molar-refractivity contribution in [3.8, 4) is 5.75 Å². The highest BCUT2D eigenvalue weighted by Crippen LogP contribution is 2.27. The highest BCUT2D eigenvalue weighted by atomic mass is 16.5. The Morgan fingerprint density at radius 3 is 2.46 bits per heavy atom. The second-order valence-corrected chi connectivity index (χ2v) is 6.18. The van der Waals surface area contributed by atoms with Crippen LogP contribution in [0.3, 0.4) is 0 Å². The van der Waals surface area contributed by atoms with Crippen molar-refractivity contribution in [1.82, 2.24) is 0 Å². The Hall–Kier alpha value is -1.91. The summed E-state index contributed by atoms with van der Waals surface area (Å²) in [5, 5.41) is 20.4. The molecule has 2 rings (SSSR count). The maximum atomic E-state index is 12.2. The average Bonchev–Trinajstić information content (AvgIpc) is 2.55. The van der Waals surface area contributed by atoms with Crippen molar-refractivity contribution in [3.05, 3.63) is 42.0 Å². The molecule has 0 aliphatic carbocycles. The number of carbonyl (C=O) groups is 1. The first kappa shape index (κ1) is 20.1. The van der Waals surface area contributed by atoms with Crippen molar-refractivity contribution >= 4 is 16.6 Å². The predicted molar refractivity (Wildman–Crippen MR) is 97.7 cm³/mol. The van der Waals surface area contributed by atoms with Crippen LogP contribution in [0.4, 0.5) is 0 Å². The highest BCUT2D eigenvalue weighted by molar-refractivity contribution is 6.08. The molecule has 132 valence electrons. The normalized spacial score (nSPS) is 12.3. The van der Waals surface area contributed by atoms with Gasteiger partial charge in [0.05, 0.1) is 12.7 Å². The zero-order valence-corrected chi connectivity index (χ0v) is 15.2. The summed E-state index contributed by atoms with van der Waals surface area (Å²) in [6.07, 6.45) is -0.551. The Morgan fingerprint density at radius 1 is 1.21 bits per heavy atom. The largest absolute Gasteiger partial charge is 0.485 e. The second-order valence-electron chi connectivity index (χ2n) is 6.18. The van der Waals surface area contributed by atoms with E-state index in [0.29, 0.717) is 11.3 Å². The van der Waals surface area contributed by atoms with Crippen LogP contribution in [0.5, 0.6) is 5.75 Å². The number of benzene rings is 2. The van der Waals surface area contributed by atoms with Crippen LogP contribution in [0.25, 0.3) is 10.8 Å². The van der Waals surface area contributed by atoms with Gasteiger partial charge in [-0.05, 0) is 49.7 Å². The third kappa shape index (κ3) is 5.32. The molecule has 0 bridgehead atoms. The molecule has 0 radical (unpaired) electrons. The number of rotatable bonds is 6. The fraction of sp³-hybridized carbons (Fsp3) is 0.450. The third-order valence-electron chi connectivity index (χ3n) is 3.41. The second kappa shape index (κ2) is 8.81. The molecule has 1 atom stereocenters. The van der Waals surface area contributed by atoms with Gasteiger partial charge in [-0.1, -0.05) is 32.0 Å². The smallest absolute Gasteiger partial charge is 0.166 e. The summed E-state index contributed by atoms with van der Waals surface area (Å²) in [5.41, 5.74) is -0.0562. The molecule has 24 heavy (non-hydrogen) atoms. The van der Waals surface area contributed by atoms with Gasteiger partial charge in [-0.3, -0.25) is 4.79 Å². The minimum Gasteiger partial charge on any atom is -0.485 e. The summed E-state index contributed by atoms with van der Waals surface area (Å²) >= 11 is 0. The molecule has 4 nitrogen and oxygen atoms in total. The Morgan fingerprint density at radius 2 is 1.88 bits per heavy atom. The van der Waals surface area contributed by atoms with E-state index in [1.165, 1.54) is 0 Å². The van der Waals surface area contributed by atoms with Crippen molar-refractivity contribution in [2.75, 3.05) is 6.61 Å². The Kier molecular flexibility index (Phi) is 7.39. The lowest BCUT2D eigenvalue weighted by Crippen LogP contribution is -2.32. The number of Topliss-reactive ketones (excluding diaryl/α,β-unsaturated/α-hetero) is 1. The number of hydrogen-bond acceptors (Lipinski definition) is 4. The van der Waals surface area contributed by atoms with Crippen LogP contribution in [0, 0.1) is 0 Å². The van der Waals surface area contributed by atoms with E-state index in [-0.39, 0.29) is 18.8 Å². The average molecular weight is 332 g/mol. The maximum Gasteiger partial charge on any atom is 0.166 e. The molecule has 0 aliphatic heterocycles. The maximum absolute atomic E-state index is 12.2. The summed E-state index contributed by atoms with van der Waals surface area (Å²) in [5.74, 6) is 0.566. The lowest BCUT2D eigenvalue weighted by molar-refractivity contribution is 0.0414. The Bertz CT molecular complexity index is 674. The fourth-order valence-electron chi connectivity index (χ4n) is 2.30. The van der Waals surface area contributed by atoms with Gasteiger partial charge < -0.3 is 14.9 Å². The van der Waals surface area contributed by atoms with Crippen LogP contribution in [0.1, 0.15) is 51.4 Å². The summed E-state index contributed by atoms with van der Waals surface area (Å²) in [6, 6.07) is 11.0. The number of ether oxygens (including phenoxy) is 1. The Balaban J connectivity index is 0.00000139. The number of hydrogen-bond donors (Lipinski definition) is 2. The molecule has 1 unspecified atom stereocenters. The molecule has 2 aromatic carbocycles. The first-order chi connectivity index (χ1) is 11.3. The molecular formula is C20H28O4. The highest BCUT2D eigenvalue weighted by Gasteiger charge is 2.19. The topological polar surface area (TPSA) is 66.8 Å². The zero-order chi connectivity index (χ0) is 18.3. The van der Waals surface area contributed by atoms with Crippen LogP contribution in [-0.4, -0.2) is 34.3 Å². The van der Waals surface area contributed by atoms with Crippen LogP contribution in [-0.2, 0) is 0 Å². The van der Waals surface area contributed by atoms with Crippen molar-refractivity contribution in [2.24, 2.45) is 0 Å². The monoisotopic (exact) mass is 332 g/mol. The summed E-state index contributed by atoms with van der Waals surface area (Å²) in [6.45, 7) is 9.13. The van der Waals surface area contributed by atoms with Crippen molar-refractivity contribution in [3.63, 3.8) is 0 Å². The van der Waals surface area contributed by atoms with E-state index in [0.717, 1.165) is 10.8 Å². The summed E-state index contributed by atoms with van der Waals surface area (Å²) in [7, 11) is 0. The lowest BCUT2D eigenvalue weighted by Gasteiger charge is -2.24. The van der Waals surface area contributed by atoms with Gasteiger partial charge in [-0.25, -0.2) is 0 Å². The van der Waals surface area contributed by atoms with Gasteiger partial charge in [-0.2, -0.15) is 0 Å². The number of aliphatic hydroxyl groups excluding tert-OH is 2. The summed E-state index contributed by atoms with van der Waals surface area (Å²) < 4.78 is 5.75. The summed E-state index contributed by atoms with van der Waals surface area (Å²) in [4.78, 5) is 12.2. The van der Waals surface area contributed by atoms with E-state index < -0.39 is 11.7 Å². The molecule has 0 spiro atoms.